The maximum absolute atomic E-state index is 11.9. The van der Waals surface area contributed by atoms with Gasteiger partial charge in [-0.25, -0.2) is 8.78 Å². The van der Waals surface area contributed by atoms with Crippen LogP contribution in [0.15, 0.2) is 18.2 Å². The highest BCUT2D eigenvalue weighted by atomic mass is 35.5. The molecule has 2 nitrogen and oxygen atoms in total. The Hall–Kier alpha value is -0.870. The lowest BCUT2D eigenvalue weighted by molar-refractivity contribution is 0.0819. The second-order valence-corrected chi connectivity index (χ2v) is 3.59. The molecule has 1 atom stereocenters. The first-order chi connectivity index (χ1) is 7.00. The molecule has 0 heterocycles. The first kappa shape index (κ1) is 12.2. The summed E-state index contributed by atoms with van der Waals surface area (Å²) in [4.78, 5) is 0. The number of alkyl halides is 2. The molecule has 0 spiro atoms. The van der Waals surface area contributed by atoms with Crippen molar-refractivity contribution in [3.8, 4) is 5.75 Å². The molecule has 84 valence electrons. The van der Waals surface area contributed by atoms with Crippen LogP contribution < -0.4 is 10.5 Å². The summed E-state index contributed by atoms with van der Waals surface area (Å²) in [5.74, 6) is 0.251. The third-order valence-electron chi connectivity index (χ3n) is 1.85. The molecule has 0 aliphatic rings. The monoisotopic (exact) mass is 235 g/mol. The van der Waals surface area contributed by atoms with Crippen molar-refractivity contribution in [2.75, 3.05) is 6.61 Å². The van der Waals surface area contributed by atoms with Gasteiger partial charge in [-0.05, 0) is 24.6 Å². The SMILES string of the molecule is C[C@H](N)c1ccc(OCC(F)F)c(Cl)c1. The molecular weight excluding hydrogens is 224 g/mol. The standard InChI is InChI=1S/C10H12ClF2NO/c1-6(14)7-2-3-9(8(11)4-7)15-5-10(12)13/h2-4,6,10H,5,14H2,1H3/t6-/m0/s1. The van der Waals surface area contributed by atoms with E-state index < -0.39 is 13.0 Å². The molecule has 0 aromatic heterocycles. The minimum Gasteiger partial charge on any atom is -0.486 e. The van der Waals surface area contributed by atoms with Gasteiger partial charge in [-0.1, -0.05) is 17.7 Å². The summed E-state index contributed by atoms with van der Waals surface area (Å²) in [5.41, 5.74) is 6.47. The van der Waals surface area contributed by atoms with Crippen LogP contribution in [0, 0.1) is 0 Å². The highest BCUT2D eigenvalue weighted by Crippen LogP contribution is 2.27. The molecule has 2 N–H and O–H groups in total. The van der Waals surface area contributed by atoms with Gasteiger partial charge in [-0.3, -0.25) is 0 Å². The Bertz CT molecular complexity index is 331. The van der Waals surface area contributed by atoms with E-state index in [1.54, 1.807) is 18.2 Å². The van der Waals surface area contributed by atoms with Gasteiger partial charge in [-0.15, -0.1) is 0 Å². The summed E-state index contributed by atoms with van der Waals surface area (Å²) in [6.07, 6.45) is -2.51. The summed E-state index contributed by atoms with van der Waals surface area (Å²) in [5, 5.41) is 0.297. The third kappa shape index (κ3) is 3.64. The molecule has 1 rings (SSSR count). The largest absolute Gasteiger partial charge is 0.486 e. The first-order valence-electron chi connectivity index (χ1n) is 4.46. The average molecular weight is 236 g/mol. The van der Waals surface area contributed by atoms with Crippen LogP contribution in [0.3, 0.4) is 0 Å². The van der Waals surface area contributed by atoms with E-state index in [4.69, 9.17) is 22.1 Å². The van der Waals surface area contributed by atoms with Crippen molar-refractivity contribution in [3.63, 3.8) is 0 Å². The van der Waals surface area contributed by atoms with Crippen LogP contribution in [-0.4, -0.2) is 13.0 Å². The Morgan fingerprint density at radius 1 is 1.47 bits per heavy atom. The minimum atomic E-state index is -2.51. The fourth-order valence-electron chi connectivity index (χ4n) is 1.07. The Morgan fingerprint density at radius 3 is 2.60 bits per heavy atom. The highest BCUT2D eigenvalue weighted by Gasteiger charge is 2.08. The Morgan fingerprint density at radius 2 is 2.13 bits per heavy atom. The molecule has 15 heavy (non-hydrogen) atoms. The van der Waals surface area contributed by atoms with E-state index in [-0.39, 0.29) is 11.8 Å². The van der Waals surface area contributed by atoms with Gasteiger partial charge < -0.3 is 10.5 Å². The van der Waals surface area contributed by atoms with Crippen molar-refractivity contribution in [2.24, 2.45) is 5.73 Å². The quantitative estimate of drug-likeness (QED) is 0.871. The zero-order chi connectivity index (χ0) is 11.4. The van der Waals surface area contributed by atoms with Crippen molar-refractivity contribution in [2.45, 2.75) is 19.4 Å². The highest BCUT2D eigenvalue weighted by molar-refractivity contribution is 6.32. The molecule has 0 fully saturated rings. The van der Waals surface area contributed by atoms with Gasteiger partial charge in [-0.2, -0.15) is 0 Å². The smallest absolute Gasteiger partial charge is 0.272 e. The molecule has 0 bridgehead atoms. The van der Waals surface area contributed by atoms with Crippen LogP contribution in [0.5, 0.6) is 5.75 Å². The normalized spacial score (nSPS) is 12.9. The molecule has 0 radical (unpaired) electrons. The second kappa shape index (κ2) is 5.28. The van der Waals surface area contributed by atoms with Crippen molar-refractivity contribution >= 4 is 11.6 Å². The van der Waals surface area contributed by atoms with Gasteiger partial charge in [0.2, 0.25) is 0 Å². The van der Waals surface area contributed by atoms with E-state index >= 15 is 0 Å². The second-order valence-electron chi connectivity index (χ2n) is 3.18. The van der Waals surface area contributed by atoms with Gasteiger partial charge in [0.25, 0.3) is 6.43 Å². The van der Waals surface area contributed by atoms with Gasteiger partial charge in [0.05, 0.1) is 5.02 Å². The number of hydrogen-bond donors (Lipinski definition) is 1. The summed E-state index contributed by atoms with van der Waals surface area (Å²) >= 11 is 5.83. The number of rotatable bonds is 4. The van der Waals surface area contributed by atoms with E-state index in [1.807, 2.05) is 6.92 Å². The maximum atomic E-state index is 11.9. The van der Waals surface area contributed by atoms with Crippen molar-refractivity contribution in [1.29, 1.82) is 0 Å². The van der Waals surface area contributed by atoms with Crippen LogP contribution in [0.2, 0.25) is 5.02 Å². The number of hydrogen-bond acceptors (Lipinski definition) is 2. The van der Waals surface area contributed by atoms with E-state index in [2.05, 4.69) is 0 Å². The maximum Gasteiger partial charge on any atom is 0.272 e. The van der Waals surface area contributed by atoms with Gasteiger partial charge in [0.1, 0.15) is 12.4 Å². The number of halogens is 3. The van der Waals surface area contributed by atoms with Crippen LogP contribution in [0.25, 0.3) is 0 Å². The molecular formula is C10H12ClF2NO. The molecule has 0 saturated carbocycles. The van der Waals surface area contributed by atoms with Crippen LogP contribution in [0.4, 0.5) is 8.78 Å². The van der Waals surface area contributed by atoms with Gasteiger partial charge in [0.15, 0.2) is 0 Å². The Labute approximate surface area is 92.0 Å². The van der Waals surface area contributed by atoms with E-state index in [0.717, 1.165) is 5.56 Å². The lowest BCUT2D eigenvalue weighted by atomic mass is 10.1. The summed E-state index contributed by atoms with van der Waals surface area (Å²) < 4.78 is 28.6. The third-order valence-corrected chi connectivity index (χ3v) is 2.14. The van der Waals surface area contributed by atoms with Crippen LogP contribution >= 0.6 is 11.6 Å². The molecule has 0 aliphatic heterocycles. The van der Waals surface area contributed by atoms with Gasteiger partial charge in [0, 0.05) is 6.04 Å². The molecule has 0 amide bonds. The predicted octanol–water partition coefficient (Wildman–Crippen LogP) is 3.00. The lowest BCUT2D eigenvalue weighted by Crippen LogP contribution is -2.08. The Balaban J connectivity index is 2.75. The van der Waals surface area contributed by atoms with Crippen LogP contribution in [0.1, 0.15) is 18.5 Å². The Kier molecular flexibility index (Phi) is 4.29. The van der Waals surface area contributed by atoms with E-state index in [1.165, 1.54) is 0 Å². The molecule has 0 aliphatic carbocycles. The number of benzene rings is 1. The van der Waals surface area contributed by atoms with E-state index in [0.29, 0.717) is 5.02 Å². The number of nitrogens with two attached hydrogens (primary N) is 1. The number of ether oxygens (including phenoxy) is 1. The van der Waals surface area contributed by atoms with E-state index in [9.17, 15) is 8.78 Å². The van der Waals surface area contributed by atoms with Crippen molar-refractivity contribution < 1.29 is 13.5 Å². The summed E-state index contributed by atoms with van der Waals surface area (Å²) in [6, 6.07) is 4.72. The molecule has 1 aromatic rings. The molecule has 1 aromatic carbocycles. The van der Waals surface area contributed by atoms with Crippen LogP contribution in [-0.2, 0) is 0 Å². The van der Waals surface area contributed by atoms with Crippen molar-refractivity contribution in [3.05, 3.63) is 28.8 Å². The fraction of sp³-hybridized carbons (Fsp3) is 0.400. The molecule has 0 unspecified atom stereocenters. The minimum absolute atomic E-state index is 0.147. The zero-order valence-electron chi connectivity index (χ0n) is 8.21. The fourth-order valence-corrected chi connectivity index (χ4v) is 1.31. The summed E-state index contributed by atoms with van der Waals surface area (Å²) in [7, 11) is 0. The van der Waals surface area contributed by atoms with Gasteiger partial charge >= 0.3 is 0 Å². The molecule has 5 heteroatoms. The average Bonchev–Trinajstić information content (AvgIpc) is 2.15. The lowest BCUT2D eigenvalue weighted by Gasteiger charge is -2.10. The van der Waals surface area contributed by atoms with Crippen molar-refractivity contribution in [1.82, 2.24) is 0 Å². The first-order valence-corrected chi connectivity index (χ1v) is 4.84. The molecule has 0 saturated heterocycles. The summed E-state index contributed by atoms with van der Waals surface area (Å²) in [6.45, 7) is 1.16. The topological polar surface area (TPSA) is 35.2 Å². The zero-order valence-corrected chi connectivity index (χ0v) is 8.97. The predicted molar refractivity (Wildman–Crippen MR) is 55.6 cm³/mol.